The summed E-state index contributed by atoms with van der Waals surface area (Å²) in [6.45, 7) is 0.332. The third-order valence-electron chi connectivity index (χ3n) is 1.99. The van der Waals surface area contributed by atoms with Gasteiger partial charge in [-0.05, 0) is 12.1 Å². The molecule has 2 N–H and O–H groups in total. The van der Waals surface area contributed by atoms with Gasteiger partial charge in [0.05, 0.1) is 0 Å². The van der Waals surface area contributed by atoms with Gasteiger partial charge in [0.1, 0.15) is 18.2 Å². The molecule has 1 aliphatic heterocycles. The summed E-state index contributed by atoms with van der Waals surface area (Å²) in [5, 5.41) is 8.59. The van der Waals surface area contributed by atoms with Crippen LogP contribution in [0.1, 0.15) is 22.1 Å². The summed E-state index contributed by atoms with van der Waals surface area (Å²) < 4.78 is 4.56. The molecule has 1 saturated heterocycles. The Balaban J connectivity index is 2.22. The van der Waals surface area contributed by atoms with Crippen molar-refractivity contribution in [1.82, 2.24) is 4.98 Å². The molecule has 2 rings (SSSR count). The summed E-state index contributed by atoms with van der Waals surface area (Å²) >= 11 is 0. The molecule has 0 unspecified atom stereocenters. The summed E-state index contributed by atoms with van der Waals surface area (Å²) in [5.41, 5.74) is 0.698. The van der Waals surface area contributed by atoms with E-state index in [2.05, 4.69) is 9.72 Å². The molecular weight excluding hydrogens is 174 g/mol. The topological polar surface area (TPSA) is 79.4 Å². The van der Waals surface area contributed by atoms with E-state index in [1.807, 2.05) is 0 Å². The molecule has 13 heavy (non-hydrogen) atoms. The van der Waals surface area contributed by atoms with E-state index in [-0.39, 0.29) is 17.6 Å². The van der Waals surface area contributed by atoms with Gasteiger partial charge in [-0.3, -0.25) is 4.79 Å². The van der Waals surface area contributed by atoms with Gasteiger partial charge in [0.25, 0.3) is 0 Å². The Bertz CT molecular complexity index is 368. The van der Waals surface area contributed by atoms with E-state index in [4.69, 9.17) is 5.11 Å². The number of esters is 1. The monoisotopic (exact) mass is 181 g/mol. The minimum Gasteiger partial charge on any atom is -0.477 e. The number of carbonyl (C=O) groups excluding carboxylic acids is 1. The van der Waals surface area contributed by atoms with Crippen LogP contribution in [0.2, 0.25) is 0 Å². The van der Waals surface area contributed by atoms with Crippen LogP contribution in [0.5, 0.6) is 0 Å². The number of aromatic amines is 1. The number of nitrogens with one attached hydrogen (secondary N) is 1. The van der Waals surface area contributed by atoms with Gasteiger partial charge in [-0.2, -0.15) is 0 Å². The second-order valence-corrected chi connectivity index (χ2v) is 2.82. The van der Waals surface area contributed by atoms with Gasteiger partial charge in [0.15, 0.2) is 0 Å². The number of carboxylic acid groups (broad SMARTS) is 1. The second-order valence-electron chi connectivity index (χ2n) is 2.82. The number of aromatic nitrogens is 1. The van der Waals surface area contributed by atoms with Crippen LogP contribution >= 0.6 is 0 Å². The SMILES string of the molecule is O=C(O)c1ccc([C@H]2COC2=O)[nH]1. The van der Waals surface area contributed by atoms with Gasteiger partial charge in [-0.15, -0.1) is 0 Å². The summed E-state index contributed by atoms with van der Waals surface area (Å²) in [6.07, 6.45) is 0. The van der Waals surface area contributed by atoms with E-state index in [1.54, 1.807) is 6.07 Å². The van der Waals surface area contributed by atoms with Crippen LogP contribution in [0.15, 0.2) is 12.1 Å². The zero-order chi connectivity index (χ0) is 9.42. The number of aromatic carboxylic acids is 1. The van der Waals surface area contributed by atoms with Gasteiger partial charge in [0.2, 0.25) is 0 Å². The van der Waals surface area contributed by atoms with Gasteiger partial charge < -0.3 is 14.8 Å². The number of rotatable bonds is 2. The fourth-order valence-corrected chi connectivity index (χ4v) is 1.19. The molecule has 5 nitrogen and oxygen atoms in total. The highest BCUT2D eigenvalue weighted by atomic mass is 16.6. The lowest BCUT2D eigenvalue weighted by molar-refractivity contribution is -0.161. The Morgan fingerprint density at radius 2 is 2.38 bits per heavy atom. The van der Waals surface area contributed by atoms with Crippen LogP contribution < -0.4 is 0 Å². The fourth-order valence-electron chi connectivity index (χ4n) is 1.19. The Morgan fingerprint density at radius 3 is 2.77 bits per heavy atom. The molecule has 1 aliphatic rings. The number of hydrogen-bond donors (Lipinski definition) is 2. The number of carboxylic acids is 1. The highest BCUT2D eigenvalue weighted by Gasteiger charge is 2.33. The van der Waals surface area contributed by atoms with E-state index in [9.17, 15) is 9.59 Å². The van der Waals surface area contributed by atoms with Crippen LogP contribution in [0.25, 0.3) is 0 Å². The maximum atomic E-state index is 10.8. The maximum absolute atomic E-state index is 10.8. The standard InChI is InChI=1S/C8H7NO4/c10-7(11)6-2-1-5(9-6)4-3-13-8(4)12/h1-2,4,9H,3H2,(H,10,11)/t4-/m1/s1. The first kappa shape index (κ1) is 7.85. The highest BCUT2D eigenvalue weighted by Crippen LogP contribution is 2.24. The van der Waals surface area contributed by atoms with Crippen LogP contribution in [0.3, 0.4) is 0 Å². The molecule has 0 amide bonds. The first-order valence-electron chi connectivity index (χ1n) is 3.77. The van der Waals surface area contributed by atoms with Crippen molar-refractivity contribution >= 4 is 11.9 Å². The van der Waals surface area contributed by atoms with Crippen molar-refractivity contribution in [3.8, 4) is 0 Å². The van der Waals surface area contributed by atoms with Crippen molar-refractivity contribution in [2.75, 3.05) is 6.61 Å². The normalized spacial score (nSPS) is 20.6. The lowest BCUT2D eigenvalue weighted by Crippen LogP contribution is -2.32. The number of carbonyl (C=O) groups is 2. The van der Waals surface area contributed by atoms with Crippen LogP contribution in [0.4, 0.5) is 0 Å². The Morgan fingerprint density at radius 1 is 1.62 bits per heavy atom. The lowest BCUT2D eigenvalue weighted by atomic mass is 10.0. The second kappa shape index (κ2) is 2.62. The highest BCUT2D eigenvalue weighted by molar-refractivity contribution is 5.87. The first-order valence-corrected chi connectivity index (χ1v) is 3.77. The van der Waals surface area contributed by atoms with Crippen LogP contribution in [-0.2, 0) is 9.53 Å². The third kappa shape index (κ3) is 1.18. The number of ether oxygens (including phenoxy) is 1. The molecule has 1 aromatic rings. The fraction of sp³-hybridized carbons (Fsp3) is 0.250. The Hall–Kier alpha value is -1.78. The van der Waals surface area contributed by atoms with Crippen LogP contribution in [0, 0.1) is 0 Å². The molecule has 5 heteroatoms. The Kier molecular flexibility index (Phi) is 1.58. The molecule has 0 aromatic carbocycles. The molecule has 0 aliphatic carbocycles. The largest absolute Gasteiger partial charge is 0.477 e. The number of H-pyrrole nitrogens is 1. The first-order chi connectivity index (χ1) is 6.18. The molecule has 2 heterocycles. The molecule has 1 atom stereocenters. The summed E-state index contributed by atoms with van der Waals surface area (Å²) in [4.78, 5) is 23.9. The predicted octanol–water partition coefficient (Wildman–Crippen LogP) is 0.353. The molecular formula is C8H7NO4. The molecule has 1 fully saturated rings. The Labute approximate surface area is 73.3 Å². The average Bonchev–Trinajstić information content (AvgIpc) is 2.50. The van der Waals surface area contributed by atoms with Crippen molar-refractivity contribution in [3.63, 3.8) is 0 Å². The zero-order valence-electron chi connectivity index (χ0n) is 6.61. The number of cyclic esters (lactones) is 1. The molecule has 0 spiro atoms. The van der Waals surface area contributed by atoms with Crippen molar-refractivity contribution < 1.29 is 19.4 Å². The summed E-state index contributed by atoms with van der Waals surface area (Å²) in [7, 11) is 0. The van der Waals surface area contributed by atoms with Crippen molar-refractivity contribution in [3.05, 3.63) is 23.5 Å². The third-order valence-corrected chi connectivity index (χ3v) is 1.99. The van der Waals surface area contributed by atoms with Gasteiger partial charge in [-0.25, -0.2) is 4.79 Å². The van der Waals surface area contributed by atoms with E-state index >= 15 is 0 Å². The minimum absolute atomic E-state index is 0.0923. The molecule has 1 aromatic heterocycles. The van der Waals surface area contributed by atoms with E-state index in [1.165, 1.54) is 6.07 Å². The lowest BCUT2D eigenvalue weighted by Gasteiger charge is -2.23. The summed E-state index contributed by atoms with van der Waals surface area (Å²) in [6, 6.07) is 3.03. The average molecular weight is 181 g/mol. The van der Waals surface area contributed by atoms with Crippen molar-refractivity contribution in [2.24, 2.45) is 0 Å². The smallest absolute Gasteiger partial charge is 0.352 e. The van der Waals surface area contributed by atoms with Crippen LogP contribution in [-0.4, -0.2) is 28.6 Å². The van der Waals surface area contributed by atoms with E-state index < -0.39 is 5.97 Å². The van der Waals surface area contributed by atoms with Gasteiger partial charge >= 0.3 is 11.9 Å². The molecule has 68 valence electrons. The maximum Gasteiger partial charge on any atom is 0.352 e. The quantitative estimate of drug-likeness (QED) is 0.645. The zero-order valence-corrected chi connectivity index (χ0v) is 6.61. The molecule has 0 saturated carbocycles. The molecule has 0 radical (unpaired) electrons. The predicted molar refractivity (Wildman–Crippen MR) is 41.5 cm³/mol. The van der Waals surface area contributed by atoms with E-state index in [0.717, 1.165) is 0 Å². The minimum atomic E-state index is -1.03. The number of hydrogen-bond acceptors (Lipinski definition) is 3. The van der Waals surface area contributed by atoms with E-state index in [0.29, 0.717) is 12.3 Å². The van der Waals surface area contributed by atoms with Crippen molar-refractivity contribution in [2.45, 2.75) is 5.92 Å². The van der Waals surface area contributed by atoms with Gasteiger partial charge in [0, 0.05) is 5.69 Å². The van der Waals surface area contributed by atoms with Crippen molar-refractivity contribution in [1.29, 1.82) is 0 Å². The summed E-state index contributed by atoms with van der Waals surface area (Å²) in [5.74, 6) is -1.65. The molecule has 0 bridgehead atoms. The van der Waals surface area contributed by atoms with Gasteiger partial charge in [-0.1, -0.05) is 0 Å².